The highest BCUT2D eigenvalue weighted by atomic mass is 16.6. The second-order valence-corrected chi connectivity index (χ2v) is 5.00. The minimum Gasteiger partial charge on any atom is -0.362 e. The highest BCUT2D eigenvalue weighted by Crippen LogP contribution is 2.34. The summed E-state index contributed by atoms with van der Waals surface area (Å²) in [7, 11) is 0. The predicted molar refractivity (Wildman–Crippen MR) is 74.1 cm³/mol. The van der Waals surface area contributed by atoms with Gasteiger partial charge in [0.1, 0.15) is 11.9 Å². The number of hydrogen-bond donors (Lipinski definition) is 1. The van der Waals surface area contributed by atoms with Gasteiger partial charge in [-0.2, -0.15) is 0 Å². The van der Waals surface area contributed by atoms with Gasteiger partial charge in [0.05, 0.1) is 4.92 Å². The van der Waals surface area contributed by atoms with E-state index in [-0.39, 0.29) is 16.7 Å². The summed E-state index contributed by atoms with van der Waals surface area (Å²) in [5.41, 5.74) is 6.56. The van der Waals surface area contributed by atoms with E-state index in [1.165, 1.54) is 6.20 Å². The quantitative estimate of drug-likeness (QED) is 0.663. The first-order valence-electron chi connectivity index (χ1n) is 6.72. The summed E-state index contributed by atoms with van der Waals surface area (Å²) in [4.78, 5) is 16.6. The summed E-state index contributed by atoms with van der Waals surface area (Å²) in [5.74, 6) is 0.672. The molecule has 0 aliphatic carbocycles. The first kappa shape index (κ1) is 13.7. The van der Waals surface area contributed by atoms with Gasteiger partial charge in [-0.15, -0.1) is 0 Å². The number of aromatic nitrogens is 1. The zero-order valence-electron chi connectivity index (χ0n) is 11.2. The molecule has 0 radical (unpaired) electrons. The Labute approximate surface area is 112 Å². The van der Waals surface area contributed by atoms with Crippen molar-refractivity contribution in [1.29, 1.82) is 0 Å². The molecule has 1 aliphatic heterocycles. The van der Waals surface area contributed by atoms with E-state index in [0.29, 0.717) is 18.2 Å². The Kier molecular flexibility index (Phi) is 4.31. The molecule has 2 heterocycles. The van der Waals surface area contributed by atoms with E-state index in [0.717, 1.165) is 25.8 Å². The lowest BCUT2D eigenvalue weighted by atomic mass is 9.88. The lowest BCUT2D eigenvalue weighted by Crippen LogP contribution is -2.47. The topological polar surface area (TPSA) is 85.3 Å². The highest BCUT2D eigenvalue weighted by molar-refractivity contribution is 5.62. The lowest BCUT2D eigenvalue weighted by Gasteiger charge is -2.40. The largest absolute Gasteiger partial charge is 0.362 e. The molecule has 1 aliphatic rings. The van der Waals surface area contributed by atoms with E-state index in [9.17, 15) is 10.1 Å². The molecule has 0 amide bonds. The highest BCUT2D eigenvalue weighted by Gasteiger charge is 2.30. The summed E-state index contributed by atoms with van der Waals surface area (Å²) in [6, 6.07) is 1.90. The summed E-state index contributed by atoms with van der Waals surface area (Å²) in [6.07, 6.45) is 6.12. The Morgan fingerprint density at radius 3 is 3.05 bits per heavy atom. The van der Waals surface area contributed by atoms with Crippen molar-refractivity contribution in [2.45, 2.75) is 32.2 Å². The number of rotatable bonds is 4. The average Bonchev–Trinajstić information content (AvgIpc) is 2.46. The molecule has 0 bridgehead atoms. The number of hydrogen-bond acceptors (Lipinski definition) is 5. The molecule has 0 spiro atoms. The molecule has 19 heavy (non-hydrogen) atoms. The van der Waals surface area contributed by atoms with Gasteiger partial charge < -0.3 is 10.6 Å². The van der Waals surface area contributed by atoms with Crippen LogP contribution in [0.15, 0.2) is 18.5 Å². The molecular weight excluding hydrogens is 244 g/mol. The molecule has 1 aromatic heterocycles. The van der Waals surface area contributed by atoms with Crippen molar-refractivity contribution in [1.82, 2.24) is 4.98 Å². The molecule has 6 heteroatoms. The van der Waals surface area contributed by atoms with Gasteiger partial charge in [-0.05, 0) is 24.8 Å². The average molecular weight is 264 g/mol. The third kappa shape index (κ3) is 2.84. The Morgan fingerprint density at radius 1 is 1.63 bits per heavy atom. The van der Waals surface area contributed by atoms with Crippen LogP contribution in [0.5, 0.6) is 0 Å². The third-order valence-electron chi connectivity index (χ3n) is 3.96. The van der Waals surface area contributed by atoms with Crippen LogP contribution >= 0.6 is 0 Å². The SMILES string of the molecule is CCC1CCN(c2ccncc2[N+](=O)[O-])C(CN)C1. The van der Waals surface area contributed by atoms with E-state index in [1.54, 1.807) is 12.3 Å². The van der Waals surface area contributed by atoms with Crippen molar-refractivity contribution in [3.8, 4) is 0 Å². The molecule has 0 aromatic carbocycles. The normalized spacial score (nSPS) is 23.4. The van der Waals surface area contributed by atoms with Crippen molar-refractivity contribution in [2.75, 3.05) is 18.0 Å². The van der Waals surface area contributed by atoms with Crippen molar-refractivity contribution in [2.24, 2.45) is 11.7 Å². The summed E-state index contributed by atoms with van der Waals surface area (Å²) in [5, 5.41) is 11.1. The van der Waals surface area contributed by atoms with Gasteiger partial charge in [0, 0.05) is 25.3 Å². The Bertz CT molecular complexity index is 452. The van der Waals surface area contributed by atoms with Gasteiger partial charge >= 0.3 is 5.69 Å². The zero-order chi connectivity index (χ0) is 13.8. The van der Waals surface area contributed by atoms with Crippen LogP contribution < -0.4 is 10.6 Å². The maximum atomic E-state index is 11.1. The predicted octanol–water partition coefficient (Wildman–Crippen LogP) is 1.94. The van der Waals surface area contributed by atoms with E-state index in [4.69, 9.17) is 5.73 Å². The van der Waals surface area contributed by atoms with Crippen LogP contribution in [-0.2, 0) is 0 Å². The monoisotopic (exact) mass is 264 g/mol. The fourth-order valence-corrected chi connectivity index (χ4v) is 2.81. The second-order valence-electron chi connectivity index (χ2n) is 5.00. The van der Waals surface area contributed by atoms with Crippen LogP contribution in [0.3, 0.4) is 0 Å². The number of nitro groups is 1. The Morgan fingerprint density at radius 2 is 2.42 bits per heavy atom. The third-order valence-corrected chi connectivity index (χ3v) is 3.96. The summed E-state index contributed by atoms with van der Waals surface area (Å²) < 4.78 is 0. The van der Waals surface area contributed by atoms with Gasteiger partial charge in [0.25, 0.3) is 0 Å². The van der Waals surface area contributed by atoms with Gasteiger partial charge in [-0.1, -0.05) is 13.3 Å². The molecule has 1 saturated heterocycles. The Hall–Kier alpha value is -1.69. The number of pyridine rings is 1. The standard InChI is InChI=1S/C13H20N4O2/c1-2-10-4-6-16(11(7-10)8-14)12-3-5-15-9-13(12)17(18)19/h3,5,9-11H,2,4,6-8,14H2,1H3. The van der Waals surface area contributed by atoms with Gasteiger partial charge in [-0.25, -0.2) is 0 Å². The van der Waals surface area contributed by atoms with Crippen LogP contribution in [0.2, 0.25) is 0 Å². The minimum absolute atomic E-state index is 0.0656. The molecule has 6 nitrogen and oxygen atoms in total. The van der Waals surface area contributed by atoms with E-state index in [2.05, 4.69) is 16.8 Å². The molecular formula is C13H20N4O2. The smallest absolute Gasteiger partial charge is 0.310 e. The molecule has 2 rings (SSSR count). The van der Waals surface area contributed by atoms with Gasteiger partial charge in [-0.3, -0.25) is 15.1 Å². The van der Waals surface area contributed by atoms with Crippen LogP contribution in [0, 0.1) is 16.0 Å². The van der Waals surface area contributed by atoms with E-state index >= 15 is 0 Å². The number of piperidine rings is 1. The van der Waals surface area contributed by atoms with Crippen LogP contribution in [0.25, 0.3) is 0 Å². The van der Waals surface area contributed by atoms with Gasteiger partial charge in [0.2, 0.25) is 0 Å². The van der Waals surface area contributed by atoms with Crippen molar-refractivity contribution >= 4 is 11.4 Å². The maximum absolute atomic E-state index is 11.1. The first-order chi connectivity index (χ1) is 9.17. The zero-order valence-corrected chi connectivity index (χ0v) is 11.2. The molecule has 1 fully saturated rings. The van der Waals surface area contributed by atoms with Crippen LogP contribution in [0.1, 0.15) is 26.2 Å². The first-order valence-corrected chi connectivity index (χ1v) is 6.72. The van der Waals surface area contributed by atoms with Crippen molar-refractivity contribution in [3.63, 3.8) is 0 Å². The molecule has 1 aromatic rings. The molecule has 0 saturated carbocycles. The van der Waals surface area contributed by atoms with E-state index in [1.807, 2.05) is 0 Å². The minimum atomic E-state index is -0.373. The number of nitrogens with zero attached hydrogens (tertiary/aromatic N) is 3. The number of nitrogens with two attached hydrogens (primary N) is 1. The molecule has 2 unspecified atom stereocenters. The van der Waals surface area contributed by atoms with Crippen LogP contribution in [-0.4, -0.2) is 29.0 Å². The summed E-state index contributed by atoms with van der Waals surface area (Å²) in [6.45, 7) is 3.53. The second kappa shape index (κ2) is 5.97. The molecule has 104 valence electrons. The van der Waals surface area contributed by atoms with Gasteiger partial charge in [0.15, 0.2) is 0 Å². The van der Waals surface area contributed by atoms with Crippen molar-refractivity contribution < 1.29 is 4.92 Å². The van der Waals surface area contributed by atoms with Crippen molar-refractivity contribution in [3.05, 3.63) is 28.6 Å². The maximum Gasteiger partial charge on any atom is 0.310 e. The number of anilines is 1. The molecule has 2 atom stereocenters. The fourth-order valence-electron chi connectivity index (χ4n) is 2.81. The van der Waals surface area contributed by atoms with Crippen LogP contribution in [0.4, 0.5) is 11.4 Å². The summed E-state index contributed by atoms with van der Waals surface area (Å²) >= 11 is 0. The Balaban J connectivity index is 2.28. The molecule has 2 N–H and O–H groups in total. The lowest BCUT2D eigenvalue weighted by molar-refractivity contribution is -0.384. The van der Waals surface area contributed by atoms with E-state index < -0.39 is 0 Å². The fraction of sp³-hybridized carbons (Fsp3) is 0.615.